The minimum Gasteiger partial charge on any atom is -0.0622 e. The lowest BCUT2D eigenvalue weighted by Gasteiger charge is -2.24. The highest BCUT2D eigenvalue weighted by molar-refractivity contribution is 6.25. The van der Waals surface area contributed by atoms with Gasteiger partial charge in [-0.2, -0.15) is 0 Å². The molecule has 0 nitrogen and oxygen atoms in total. The van der Waals surface area contributed by atoms with Gasteiger partial charge < -0.3 is 0 Å². The van der Waals surface area contributed by atoms with Crippen molar-refractivity contribution in [2.45, 2.75) is 38.5 Å². The average Bonchev–Trinajstić information content (AvgIpc) is 3.63. The van der Waals surface area contributed by atoms with Gasteiger partial charge >= 0.3 is 0 Å². The molecule has 0 saturated heterocycles. The molecule has 2 aliphatic rings. The third-order valence-electron chi connectivity index (χ3n) is 13.8. The van der Waals surface area contributed by atoms with Crippen LogP contribution in [-0.4, -0.2) is 0 Å². The fraction of sp³-hybridized carbons (Fsp3) is 0.103. The van der Waals surface area contributed by atoms with Crippen molar-refractivity contribution in [2.75, 3.05) is 0 Å². The Bertz CT molecular complexity index is 3300. The van der Waals surface area contributed by atoms with Crippen molar-refractivity contribution in [3.05, 3.63) is 204 Å². The fourth-order valence-corrected chi connectivity index (χ4v) is 10.7. The predicted molar refractivity (Wildman–Crippen MR) is 247 cm³/mol. The lowest BCUT2D eigenvalue weighted by molar-refractivity contribution is 0.660. The molecular weight excluding hydrogens is 697 g/mol. The van der Waals surface area contributed by atoms with Crippen LogP contribution in [0.4, 0.5) is 0 Å². The van der Waals surface area contributed by atoms with E-state index in [1.807, 2.05) is 0 Å². The summed E-state index contributed by atoms with van der Waals surface area (Å²) >= 11 is 0. The molecule has 0 saturated carbocycles. The molecule has 0 aliphatic heterocycles. The van der Waals surface area contributed by atoms with Crippen LogP contribution in [-0.2, 0) is 10.8 Å². The van der Waals surface area contributed by atoms with Crippen molar-refractivity contribution in [2.24, 2.45) is 0 Å². The lowest BCUT2D eigenvalue weighted by Crippen LogP contribution is -2.15. The number of rotatable bonds is 4. The van der Waals surface area contributed by atoms with Crippen LogP contribution in [0.25, 0.3) is 99.1 Å². The van der Waals surface area contributed by atoms with Crippen molar-refractivity contribution in [1.82, 2.24) is 0 Å². The maximum atomic E-state index is 2.47. The summed E-state index contributed by atoms with van der Waals surface area (Å²) in [5.41, 5.74) is 20.9. The first kappa shape index (κ1) is 33.4. The number of hydrogen-bond acceptors (Lipinski definition) is 0. The minimum absolute atomic E-state index is 0.124. The summed E-state index contributed by atoms with van der Waals surface area (Å²) in [6.07, 6.45) is 0. The van der Waals surface area contributed by atoms with Crippen molar-refractivity contribution in [3.8, 4) is 66.8 Å². The zero-order chi connectivity index (χ0) is 38.9. The molecule has 2 aliphatic carbocycles. The van der Waals surface area contributed by atoms with Gasteiger partial charge in [-0.05, 0) is 152 Å². The maximum absolute atomic E-state index is 2.47. The quantitative estimate of drug-likeness (QED) is 0.158. The van der Waals surface area contributed by atoms with Crippen LogP contribution in [0.5, 0.6) is 0 Å². The molecule has 12 rings (SSSR count). The highest BCUT2D eigenvalue weighted by Crippen LogP contribution is 2.53. The summed E-state index contributed by atoms with van der Waals surface area (Å²) in [6.45, 7) is 9.61. The largest absolute Gasteiger partial charge is 0.0622 e. The Kier molecular flexibility index (Phi) is 6.84. The summed E-state index contributed by atoms with van der Waals surface area (Å²) in [5, 5.41) is 7.98. The molecule has 0 amide bonds. The van der Waals surface area contributed by atoms with Gasteiger partial charge in [0, 0.05) is 10.8 Å². The van der Waals surface area contributed by atoms with E-state index in [4.69, 9.17) is 0 Å². The topological polar surface area (TPSA) is 0 Å². The van der Waals surface area contributed by atoms with E-state index in [0.29, 0.717) is 0 Å². The lowest BCUT2D eigenvalue weighted by atomic mass is 9.79. The Hall–Kier alpha value is -6.76. The monoisotopic (exact) mass is 738 g/mol. The summed E-state index contributed by atoms with van der Waals surface area (Å²) in [7, 11) is 0. The van der Waals surface area contributed by atoms with E-state index in [2.05, 4.69) is 210 Å². The number of hydrogen-bond donors (Lipinski definition) is 0. The summed E-state index contributed by atoms with van der Waals surface area (Å²) in [6, 6.07) is 68.7. The Balaban J connectivity index is 0.892. The van der Waals surface area contributed by atoms with Crippen LogP contribution >= 0.6 is 0 Å². The molecule has 0 radical (unpaired) electrons. The molecule has 0 fully saturated rings. The average molecular weight is 739 g/mol. The van der Waals surface area contributed by atoms with Gasteiger partial charge in [-0.1, -0.05) is 179 Å². The first-order chi connectivity index (χ1) is 28.2. The highest BCUT2D eigenvalue weighted by Gasteiger charge is 2.38. The summed E-state index contributed by atoms with van der Waals surface area (Å²) in [5.74, 6) is 0. The molecular formula is C58H42. The third-order valence-corrected chi connectivity index (χ3v) is 13.8. The normalized spacial score (nSPS) is 14.5. The van der Waals surface area contributed by atoms with Crippen molar-refractivity contribution >= 4 is 32.3 Å². The van der Waals surface area contributed by atoms with E-state index in [-0.39, 0.29) is 10.8 Å². The molecule has 0 spiro atoms. The summed E-state index contributed by atoms with van der Waals surface area (Å²) < 4.78 is 0. The zero-order valence-electron chi connectivity index (χ0n) is 33.3. The van der Waals surface area contributed by atoms with E-state index < -0.39 is 0 Å². The molecule has 58 heavy (non-hydrogen) atoms. The Morgan fingerprint density at radius 2 is 0.638 bits per heavy atom. The first-order valence-corrected chi connectivity index (χ1v) is 20.7. The number of fused-ring (bicyclic) bond motifs is 6. The van der Waals surface area contributed by atoms with Crippen LogP contribution in [0.1, 0.15) is 49.9 Å². The van der Waals surface area contributed by atoms with E-state index >= 15 is 0 Å². The predicted octanol–water partition coefficient (Wildman–Crippen LogP) is 15.9. The smallest absolute Gasteiger partial charge is 0.0159 e. The van der Waals surface area contributed by atoms with Gasteiger partial charge in [-0.3, -0.25) is 0 Å². The van der Waals surface area contributed by atoms with Crippen molar-refractivity contribution in [1.29, 1.82) is 0 Å². The Morgan fingerprint density at radius 3 is 1.19 bits per heavy atom. The standard InChI is InChI=1S/C58H42/c1-57(2)51-31-41(40-15-9-14-39(30-40)35-10-6-5-7-11-35)20-25-46(51)47-26-21-42(32-52(47)57)43-22-27-48-49-28-23-44(34-54(49)58(3,4)53(48)33-43)45-24-18-38-17-16-36-12-8-13-37-19-29-50(45)56(38)55(36)37/h5-34H,1-4H3. The van der Waals surface area contributed by atoms with Gasteiger partial charge in [0.05, 0.1) is 0 Å². The number of benzene rings is 10. The molecule has 0 N–H and O–H groups in total. The molecule has 0 aromatic heterocycles. The van der Waals surface area contributed by atoms with Crippen molar-refractivity contribution in [3.63, 3.8) is 0 Å². The minimum atomic E-state index is -0.138. The zero-order valence-corrected chi connectivity index (χ0v) is 33.3. The molecule has 0 heteroatoms. The molecule has 0 atom stereocenters. The van der Waals surface area contributed by atoms with E-state index in [1.54, 1.807) is 0 Å². The third kappa shape index (κ3) is 4.69. The van der Waals surface area contributed by atoms with Gasteiger partial charge in [0.25, 0.3) is 0 Å². The van der Waals surface area contributed by atoms with E-state index in [9.17, 15) is 0 Å². The molecule has 0 heterocycles. The molecule has 10 aromatic rings. The van der Waals surface area contributed by atoms with Gasteiger partial charge in [0.2, 0.25) is 0 Å². The molecule has 274 valence electrons. The van der Waals surface area contributed by atoms with Crippen LogP contribution in [0.2, 0.25) is 0 Å². The van der Waals surface area contributed by atoms with Crippen molar-refractivity contribution < 1.29 is 0 Å². The van der Waals surface area contributed by atoms with Crippen LogP contribution in [0, 0.1) is 0 Å². The van der Waals surface area contributed by atoms with Gasteiger partial charge in [0.1, 0.15) is 0 Å². The fourth-order valence-electron chi connectivity index (χ4n) is 10.7. The SMILES string of the molecule is CC1(C)c2cc(-c3cccc(-c4ccccc4)c3)ccc2-c2ccc(-c3ccc4c(c3)C(C)(C)c3cc(-c5ccc6ccc7cccc8ccc5c6c78)ccc3-4)cc21. The Morgan fingerprint density at radius 1 is 0.259 bits per heavy atom. The van der Waals surface area contributed by atoms with E-state index in [0.717, 1.165) is 0 Å². The second-order valence-corrected chi connectivity index (χ2v) is 17.7. The van der Waals surface area contributed by atoms with Crippen LogP contribution in [0.15, 0.2) is 182 Å². The molecule has 0 unspecified atom stereocenters. The van der Waals surface area contributed by atoms with Crippen LogP contribution in [0.3, 0.4) is 0 Å². The highest BCUT2D eigenvalue weighted by atomic mass is 14.4. The Labute approximate surface area is 340 Å². The second kappa shape index (κ2) is 11.9. The van der Waals surface area contributed by atoms with E-state index in [1.165, 1.54) is 121 Å². The molecule has 10 aromatic carbocycles. The molecule has 0 bridgehead atoms. The first-order valence-electron chi connectivity index (χ1n) is 20.7. The van der Waals surface area contributed by atoms with Crippen LogP contribution < -0.4 is 0 Å². The van der Waals surface area contributed by atoms with Gasteiger partial charge in [0.15, 0.2) is 0 Å². The second-order valence-electron chi connectivity index (χ2n) is 17.7. The summed E-state index contributed by atoms with van der Waals surface area (Å²) in [4.78, 5) is 0. The van der Waals surface area contributed by atoms with Gasteiger partial charge in [-0.25, -0.2) is 0 Å². The maximum Gasteiger partial charge on any atom is 0.0159 e. The van der Waals surface area contributed by atoms with Gasteiger partial charge in [-0.15, -0.1) is 0 Å².